The van der Waals surface area contributed by atoms with Crippen molar-refractivity contribution in [1.29, 1.82) is 0 Å². The van der Waals surface area contributed by atoms with Gasteiger partial charge in [-0.15, -0.1) is 10.2 Å². The second-order valence-corrected chi connectivity index (χ2v) is 5.76. The second kappa shape index (κ2) is 6.01. The molecule has 108 valence electrons. The predicted octanol–water partition coefficient (Wildman–Crippen LogP) is 3.01. The van der Waals surface area contributed by atoms with Gasteiger partial charge < -0.3 is 0 Å². The summed E-state index contributed by atoms with van der Waals surface area (Å²) in [5.41, 5.74) is 1.28. The fourth-order valence-corrected chi connectivity index (χ4v) is 2.83. The van der Waals surface area contributed by atoms with E-state index in [2.05, 4.69) is 32.6 Å². The average molecular weight is 301 g/mol. The van der Waals surface area contributed by atoms with Crippen LogP contribution in [0.1, 0.15) is 35.1 Å². The topological polar surface area (TPSA) is 83.6 Å². The number of nitrogens with zero attached hydrogens (tertiary/aromatic N) is 3. The highest BCUT2D eigenvalue weighted by atomic mass is 32.1. The Morgan fingerprint density at radius 2 is 2.29 bits per heavy atom. The summed E-state index contributed by atoms with van der Waals surface area (Å²) in [6.07, 6.45) is 4.79. The number of carbonyl (C=O) groups excluding carboxylic acids is 1. The lowest BCUT2D eigenvalue weighted by molar-refractivity contribution is 0.102. The van der Waals surface area contributed by atoms with Crippen molar-refractivity contribution >= 4 is 33.3 Å². The number of hydrogen-bond donors (Lipinski definition) is 2. The van der Waals surface area contributed by atoms with Crippen molar-refractivity contribution in [1.82, 2.24) is 20.4 Å². The van der Waals surface area contributed by atoms with Gasteiger partial charge in [0.1, 0.15) is 5.01 Å². The maximum Gasteiger partial charge on any atom is 0.259 e. The monoisotopic (exact) mass is 301 g/mol. The number of fused-ring (bicyclic) bond motifs is 1. The lowest BCUT2D eigenvalue weighted by Gasteiger charge is -2.02. The number of aryl methyl sites for hydroxylation is 1. The van der Waals surface area contributed by atoms with Crippen LogP contribution < -0.4 is 5.32 Å². The summed E-state index contributed by atoms with van der Waals surface area (Å²) >= 11 is 1.42. The number of carbonyl (C=O) groups is 1. The minimum Gasteiger partial charge on any atom is -0.296 e. The number of benzene rings is 1. The Morgan fingerprint density at radius 3 is 3.14 bits per heavy atom. The summed E-state index contributed by atoms with van der Waals surface area (Å²) in [6, 6.07) is 5.50. The zero-order valence-corrected chi connectivity index (χ0v) is 12.4. The van der Waals surface area contributed by atoms with Crippen molar-refractivity contribution in [3.05, 3.63) is 35.0 Å². The Hall–Kier alpha value is -2.28. The number of rotatable bonds is 5. The van der Waals surface area contributed by atoms with Gasteiger partial charge in [0.15, 0.2) is 0 Å². The van der Waals surface area contributed by atoms with Gasteiger partial charge in [0.05, 0.1) is 17.3 Å². The summed E-state index contributed by atoms with van der Waals surface area (Å²) in [6.45, 7) is 2.13. The van der Waals surface area contributed by atoms with Crippen molar-refractivity contribution in [3.8, 4) is 0 Å². The van der Waals surface area contributed by atoms with Gasteiger partial charge in [0.2, 0.25) is 5.13 Å². The molecule has 6 nitrogen and oxygen atoms in total. The first kappa shape index (κ1) is 13.7. The molecule has 0 atom stereocenters. The van der Waals surface area contributed by atoms with Crippen LogP contribution in [0.2, 0.25) is 0 Å². The summed E-state index contributed by atoms with van der Waals surface area (Å²) in [4.78, 5) is 12.3. The lowest BCUT2D eigenvalue weighted by Crippen LogP contribution is -2.12. The standard InChI is InChI=1S/C14H15N5OS/c1-2-3-7-11-17-19-14(21-11)16-13(20)10-6-4-5-9-8-15-18-12(9)10/h4-6,8H,2-3,7H2,1H3,(H,15,18)(H,16,19,20). The number of amides is 1. The Balaban J connectivity index is 1.77. The molecule has 0 aliphatic carbocycles. The number of nitrogens with one attached hydrogen (secondary N) is 2. The molecule has 2 heterocycles. The Morgan fingerprint density at radius 1 is 1.38 bits per heavy atom. The smallest absolute Gasteiger partial charge is 0.259 e. The third-order valence-electron chi connectivity index (χ3n) is 3.15. The van der Waals surface area contributed by atoms with Gasteiger partial charge in [-0.25, -0.2) is 0 Å². The molecular weight excluding hydrogens is 286 g/mol. The third kappa shape index (κ3) is 2.92. The molecular formula is C14H15N5OS. The molecule has 21 heavy (non-hydrogen) atoms. The molecule has 0 radical (unpaired) electrons. The molecule has 1 amide bonds. The normalized spacial score (nSPS) is 10.9. The van der Waals surface area contributed by atoms with E-state index in [0.717, 1.165) is 35.2 Å². The third-order valence-corrected chi connectivity index (χ3v) is 4.05. The summed E-state index contributed by atoms with van der Waals surface area (Å²) in [5.74, 6) is -0.206. The predicted molar refractivity (Wildman–Crippen MR) is 82.6 cm³/mol. The zero-order valence-electron chi connectivity index (χ0n) is 11.6. The molecule has 0 saturated carbocycles. The quantitative estimate of drug-likeness (QED) is 0.758. The zero-order chi connectivity index (χ0) is 14.7. The number of anilines is 1. The van der Waals surface area contributed by atoms with Crippen molar-refractivity contribution < 1.29 is 4.79 Å². The van der Waals surface area contributed by atoms with Crippen LogP contribution in [0.4, 0.5) is 5.13 Å². The number of para-hydroxylation sites is 1. The Kier molecular flexibility index (Phi) is 3.92. The molecule has 3 aromatic rings. The highest BCUT2D eigenvalue weighted by molar-refractivity contribution is 7.15. The first-order chi connectivity index (χ1) is 10.3. The fourth-order valence-electron chi connectivity index (χ4n) is 2.06. The van der Waals surface area contributed by atoms with Crippen LogP contribution in [-0.4, -0.2) is 26.3 Å². The van der Waals surface area contributed by atoms with E-state index in [4.69, 9.17) is 0 Å². The molecule has 0 saturated heterocycles. The maximum atomic E-state index is 12.3. The largest absolute Gasteiger partial charge is 0.296 e. The van der Waals surface area contributed by atoms with Crippen molar-refractivity contribution in [3.63, 3.8) is 0 Å². The number of hydrogen-bond acceptors (Lipinski definition) is 5. The van der Waals surface area contributed by atoms with Gasteiger partial charge in [-0.2, -0.15) is 5.10 Å². The summed E-state index contributed by atoms with van der Waals surface area (Å²) in [7, 11) is 0. The average Bonchev–Trinajstić information content (AvgIpc) is 3.13. The van der Waals surface area contributed by atoms with Crippen LogP contribution >= 0.6 is 11.3 Å². The molecule has 7 heteroatoms. The molecule has 3 rings (SSSR count). The summed E-state index contributed by atoms with van der Waals surface area (Å²) < 4.78 is 0. The van der Waals surface area contributed by atoms with E-state index < -0.39 is 0 Å². The highest BCUT2D eigenvalue weighted by Crippen LogP contribution is 2.20. The minimum absolute atomic E-state index is 0.206. The van der Waals surface area contributed by atoms with E-state index in [1.807, 2.05) is 12.1 Å². The fraction of sp³-hybridized carbons (Fsp3) is 0.286. The first-order valence-electron chi connectivity index (χ1n) is 6.83. The molecule has 2 N–H and O–H groups in total. The number of H-pyrrole nitrogens is 1. The van der Waals surface area contributed by atoms with Gasteiger partial charge >= 0.3 is 0 Å². The molecule has 0 spiro atoms. The second-order valence-electron chi connectivity index (χ2n) is 4.70. The number of aromatic amines is 1. The molecule has 0 unspecified atom stereocenters. The van der Waals surface area contributed by atoms with E-state index in [0.29, 0.717) is 10.7 Å². The van der Waals surface area contributed by atoms with Crippen LogP contribution in [0.3, 0.4) is 0 Å². The number of aromatic nitrogens is 4. The first-order valence-corrected chi connectivity index (χ1v) is 7.65. The van der Waals surface area contributed by atoms with Crippen LogP contribution in [0.15, 0.2) is 24.4 Å². The number of unbranched alkanes of at least 4 members (excludes halogenated alkanes) is 1. The van der Waals surface area contributed by atoms with E-state index in [1.54, 1.807) is 12.3 Å². The van der Waals surface area contributed by atoms with Crippen molar-refractivity contribution in [2.24, 2.45) is 0 Å². The highest BCUT2D eigenvalue weighted by Gasteiger charge is 2.13. The molecule has 0 fully saturated rings. The van der Waals surface area contributed by atoms with Crippen LogP contribution in [0.25, 0.3) is 10.9 Å². The van der Waals surface area contributed by atoms with Crippen molar-refractivity contribution in [2.45, 2.75) is 26.2 Å². The van der Waals surface area contributed by atoms with Gasteiger partial charge in [0, 0.05) is 11.8 Å². The SMILES string of the molecule is CCCCc1nnc(NC(=O)c2cccc3cn[nH]c23)s1. The van der Waals surface area contributed by atoms with Crippen LogP contribution in [-0.2, 0) is 6.42 Å². The summed E-state index contributed by atoms with van der Waals surface area (Å²) in [5, 5.41) is 20.1. The Bertz CT molecular complexity index is 763. The van der Waals surface area contributed by atoms with Crippen LogP contribution in [0.5, 0.6) is 0 Å². The van der Waals surface area contributed by atoms with Gasteiger partial charge in [-0.05, 0) is 12.5 Å². The van der Waals surface area contributed by atoms with Gasteiger partial charge in [0.25, 0.3) is 5.91 Å². The molecule has 0 bridgehead atoms. The van der Waals surface area contributed by atoms with E-state index in [9.17, 15) is 4.79 Å². The molecule has 0 aliphatic heterocycles. The lowest BCUT2D eigenvalue weighted by atomic mass is 10.1. The molecule has 1 aromatic carbocycles. The molecule has 2 aromatic heterocycles. The minimum atomic E-state index is -0.206. The van der Waals surface area contributed by atoms with E-state index >= 15 is 0 Å². The van der Waals surface area contributed by atoms with E-state index in [-0.39, 0.29) is 5.91 Å². The van der Waals surface area contributed by atoms with E-state index in [1.165, 1.54) is 11.3 Å². The van der Waals surface area contributed by atoms with Gasteiger partial charge in [-0.1, -0.05) is 36.8 Å². The van der Waals surface area contributed by atoms with Crippen LogP contribution in [0, 0.1) is 0 Å². The maximum absolute atomic E-state index is 12.3. The van der Waals surface area contributed by atoms with Crippen molar-refractivity contribution in [2.75, 3.05) is 5.32 Å². The molecule has 0 aliphatic rings. The Labute approximate surface area is 125 Å². The van der Waals surface area contributed by atoms with Gasteiger partial charge in [-0.3, -0.25) is 15.2 Å².